The van der Waals surface area contributed by atoms with Crippen molar-refractivity contribution in [1.82, 2.24) is 10.9 Å². The molecule has 0 aliphatic carbocycles. The van der Waals surface area contributed by atoms with Crippen LogP contribution in [-0.4, -0.2) is 5.91 Å². The lowest BCUT2D eigenvalue weighted by Gasteiger charge is -2.16. The van der Waals surface area contributed by atoms with Gasteiger partial charge in [0.25, 0.3) is 5.91 Å². The molecule has 2 aromatic carbocycles. The third-order valence-electron chi connectivity index (χ3n) is 3.18. The van der Waals surface area contributed by atoms with Gasteiger partial charge in [0.05, 0.1) is 5.56 Å². The minimum Gasteiger partial charge on any atom is -0.287 e. The van der Waals surface area contributed by atoms with Crippen LogP contribution in [0.3, 0.4) is 0 Å². The summed E-state index contributed by atoms with van der Waals surface area (Å²) in [4.78, 5) is 11.8. The molecule has 2 N–H and O–H groups in total. The van der Waals surface area contributed by atoms with Crippen molar-refractivity contribution in [2.75, 3.05) is 0 Å². The van der Waals surface area contributed by atoms with Crippen LogP contribution in [0, 0.1) is 0 Å². The Morgan fingerprint density at radius 3 is 2.14 bits per heavy atom. The Hall–Kier alpha value is -2.34. The molecule has 0 spiro atoms. The normalized spacial score (nSPS) is 12.7. The fraction of sp³-hybridized carbons (Fsp3) is 0.188. The highest BCUT2D eigenvalue weighted by atomic mass is 19.4. The minimum absolute atomic E-state index is 0.306. The molecule has 6 heteroatoms. The molecular formula is C16H15F3N2O. The smallest absolute Gasteiger partial charge is 0.287 e. The van der Waals surface area contributed by atoms with Gasteiger partial charge in [-0.05, 0) is 36.8 Å². The van der Waals surface area contributed by atoms with Crippen molar-refractivity contribution < 1.29 is 18.0 Å². The molecule has 0 aliphatic rings. The van der Waals surface area contributed by atoms with E-state index in [-0.39, 0.29) is 11.9 Å². The van der Waals surface area contributed by atoms with E-state index >= 15 is 0 Å². The number of amides is 1. The molecular weight excluding hydrogens is 293 g/mol. The highest BCUT2D eigenvalue weighted by Gasteiger charge is 2.30. The fourth-order valence-electron chi connectivity index (χ4n) is 1.88. The van der Waals surface area contributed by atoms with E-state index in [0.29, 0.717) is 11.1 Å². The maximum atomic E-state index is 12.5. The van der Waals surface area contributed by atoms with Crippen LogP contribution in [-0.2, 0) is 6.18 Å². The second-order valence-electron chi connectivity index (χ2n) is 4.81. The van der Waals surface area contributed by atoms with Gasteiger partial charge in [0.1, 0.15) is 0 Å². The Morgan fingerprint density at radius 2 is 1.59 bits per heavy atom. The van der Waals surface area contributed by atoms with E-state index in [1.165, 1.54) is 12.1 Å². The van der Waals surface area contributed by atoms with Crippen LogP contribution in [0.15, 0.2) is 54.6 Å². The monoisotopic (exact) mass is 308 g/mol. The van der Waals surface area contributed by atoms with E-state index in [2.05, 4.69) is 10.9 Å². The average molecular weight is 308 g/mol. The highest BCUT2D eigenvalue weighted by molar-refractivity contribution is 5.93. The molecule has 22 heavy (non-hydrogen) atoms. The van der Waals surface area contributed by atoms with Crippen molar-refractivity contribution >= 4 is 5.91 Å². The lowest BCUT2D eigenvalue weighted by Crippen LogP contribution is -2.39. The number of nitrogens with one attached hydrogen (secondary N) is 2. The first-order valence-electron chi connectivity index (χ1n) is 6.66. The zero-order chi connectivity index (χ0) is 16.2. The van der Waals surface area contributed by atoms with Crippen molar-refractivity contribution in [2.24, 2.45) is 0 Å². The van der Waals surface area contributed by atoms with Crippen LogP contribution in [0.1, 0.15) is 34.5 Å². The van der Waals surface area contributed by atoms with Crippen LogP contribution in [0.25, 0.3) is 0 Å². The summed E-state index contributed by atoms with van der Waals surface area (Å²) in [5, 5.41) is 0. The molecule has 2 aromatic rings. The Morgan fingerprint density at radius 1 is 1.00 bits per heavy atom. The Labute approximate surface area is 126 Å². The summed E-state index contributed by atoms with van der Waals surface area (Å²) in [6, 6.07) is 13.1. The first-order valence-corrected chi connectivity index (χ1v) is 6.66. The van der Waals surface area contributed by atoms with Crippen molar-refractivity contribution in [2.45, 2.75) is 19.1 Å². The van der Waals surface area contributed by atoms with Crippen LogP contribution in [0.2, 0.25) is 0 Å². The SMILES string of the molecule is C[C@@H](NNC(=O)c1ccccc1)c1ccc(C(F)(F)F)cc1. The highest BCUT2D eigenvalue weighted by Crippen LogP contribution is 2.29. The summed E-state index contributed by atoms with van der Waals surface area (Å²) in [6.45, 7) is 1.74. The zero-order valence-corrected chi connectivity index (χ0v) is 11.8. The van der Waals surface area contributed by atoms with Crippen molar-refractivity contribution in [3.63, 3.8) is 0 Å². The first-order chi connectivity index (χ1) is 10.4. The molecule has 0 heterocycles. The third kappa shape index (κ3) is 4.08. The van der Waals surface area contributed by atoms with Gasteiger partial charge in [-0.15, -0.1) is 0 Å². The predicted octanol–water partition coefficient (Wildman–Crippen LogP) is 3.70. The molecule has 2 rings (SSSR count). The maximum Gasteiger partial charge on any atom is 0.416 e. The van der Waals surface area contributed by atoms with Gasteiger partial charge >= 0.3 is 6.18 Å². The summed E-state index contributed by atoms with van der Waals surface area (Å²) >= 11 is 0. The molecule has 1 amide bonds. The van der Waals surface area contributed by atoms with Gasteiger partial charge in [0.15, 0.2) is 0 Å². The minimum atomic E-state index is -4.35. The van der Waals surface area contributed by atoms with E-state index in [1.807, 2.05) is 0 Å². The second-order valence-corrected chi connectivity index (χ2v) is 4.81. The van der Waals surface area contributed by atoms with Crippen LogP contribution in [0.4, 0.5) is 13.2 Å². The topological polar surface area (TPSA) is 41.1 Å². The number of alkyl halides is 3. The van der Waals surface area contributed by atoms with Gasteiger partial charge in [-0.3, -0.25) is 10.2 Å². The molecule has 3 nitrogen and oxygen atoms in total. The molecule has 0 aliphatic heterocycles. The quantitative estimate of drug-likeness (QED) is 0.846. The van der Waals surface area contributed by atoms with Gasteiger partial charge in [-0.25, -0.2) is 5.43 Å². The molecule has 0 unspecified atom stereocenters. The number of rotatable bonds is 4. The van der Waals surface area contributed by atoms with Gasteiger partial charge in [-0.1, -0.05) is 30.3 Å². The van der Waals surface area contributed by atoms with Crippen molar-refractivity contribution in [3.05, 3.63) is 71.3 Å². The van der Waals surface area contributed by atoms with Crippen molar-refractivity contribution in [3.8, 4) is 0 Å². The molecule has 116 valence electrons. The van der Waals surface area contributed by atoms with Gasteiger partial charge < -0.3 is 0 Å². The number of hydrazine groups is 1. The number of carbonyl (C=O) groups is 1. The summed E-state index contributed by atoms with van der Waals surface area (Å²) in [7, 11) is 0. The van der Waals surface area contributed by atoms with Crippen molar-refractivity contribution in [1.29, 1.82) is 0 Å². The number of hydrogen-bond donors (Lipinski definition) is 2. The number of halogens is 3. The molecule has 0 aromatic heterocycles. The van der Waals surface area contributed by atoms with Gasteiger partial charge in [-0.2, -0.15) is 13.2 Å². The average Bonchev–Trinajstić information content (AvgIpc) is 2.52. The molecule has 0 saturated heterocycles. The van der Waals surface area contributed by atoms with Gasteiger partial charge in [0.2, 0.25) is 0 Å². The van der Waals surface area contributed by atoms with E-state index in [9.17, 15) is 18.0 Å². The lowest BCUT2D eigenvalue weighted by molar-refractivity contribution is -0.137. The van der Waals surface area contributed by atoms with Crippen LogP contribution >= 0.6 is 0 Å². The fourth-order valence-corrected chi connectivity index (χ4v) is 1.88. The third-order valence-corrected chi connectivity index (χ3v) is 3.18. The Kier molecular flexibility index (Phi) is 4.82. The second kappa shape index (κ2) is 6.62. The first kappa shape index (κ1) is 16.0. The van der Waals surface area contributed by atoms with E-state index in [1.54, 1.807) is 37.3 Å². The Bertz CT molecular complexity index is 624. The molecule has 0 radical (unpaired) electrons. The van der Waals surface area contributed by atoms with E-state index < -0.39 is 11.7 Å². The largest absolute Gasteiger partial charge is 0.416 e. The van der Waals surface area contributed by atoms with E-state index in [0.717, 1.165) is 12.1 Å². The lowest BCUT2D eigenvalue weighted by atomic mass is 10.1. The number of carbonyl (C=O) groups excluding carboxylic acids is 1. The summed E-state index contributed by atoms with van der Waals surface area (Å²) in [5.74, 6) is -0.306. The van der Waals surface area contributed by atoms with Crippen LogP contribution < -0.4 is 10.9 Å². The Balaban J connectivity index is 1.95. The standard InChI is InChI=1S/C16H15F3N2O/c1-11(12-7-9-14(10-8-12)16(17,18)19)20-21-15(22)13-5-3-2-4-6-13/h2-11,20H,1H3,(H,21,22)/t11-/m1/s1. The summed E-state index contributed by atoms with van der Waals surface area (Å²) in [5.41, 5.74) is 5.74. The molecule has 0 saturated carbocycles. The summed E-state index contributed by atoms with van der Waals surface area (Å²) < 4.78 is 37.5. The predicted molar refractivity (Wildman–Crippen MR) is 76.9 cm³/mol. The molecule has 1 atom stereocenters. The van der Waals surface area contributed by atoms with E-state index in [4.69, 9.17) is 0 Å². The molecule has 0 bridgehead atoms. The number of benzene rings is 2. The van der Waals surface area contributed by atoms with Gasteiger partial charge in [0, 0.05) is 11.6 Å². The van der Waals surface area contributed by atoms with Crippen LogP contribution in [0.5, 0.6) is 0 Å². The number of hydrogen-bond acceptors (Lipinski definition) is 2. The maximum absolute atomic E-state index is 12.5. The zero-order valence-electron chi connectivity index (χ0n) is 11.8. The molecule has 0 fully saturated rings. The summed E-state index contributed by atoms with van der Waals surface area (Å²) in [6.07, 6.45) is -4.35.